The van der Waals surface area contributed by atoms with Crippen molar-refractivity contribution in [3.63, 3.8) is 0 Å². The van der Waals surface area contributed by atoms with Crippen molar-refractivity contribution in [1.82, 2.24) is 9.97 Å². The monoisotopic (exact) mass is 290 g/mol. The Kier molecular flexibility index (Phi) is 4.92. The Morgan fingerprint density at radius 1 is 1.24 bits per heavy atom. The lowest BCUT2D eigenvalue weighted by Crippen LogP contribution is -2.13. The van der Waals surface area contributed by atoms with Crippen LogP contribution >= 0.6 is 0 Å². The van der Waals surface area contributed by atoms with Gasteiger partial charge in [-0.3, -0.25) is 0 Å². The molecule has 0 fully saturated rings. The Morgan fingerprint density at radius 2 is 1.95 bits per heavy atom. The molecule has 0 atom stereocenters. The molecule has 21 heavy (non-hydrogen) atoms. The standard InChI is InChI=1S/C15H19FN4O/c1-10(2)21-15-13(17)14(19-9-20-15)18-8-7-11-3-5-12(16)6-4-11/h3-6,9-10H,7-8,17H2,1-2H3,(H,18,19,20). The molecule has 0 spiro atoms. The highest BCUT2D eigenvalue weighted by Gasteiger charge is 2.10. The molecular formula is C15H19FN4O. The van der Waals surface area contributed by atoms with E-state index in [0.717, 1.165) is 12.0 Å². The number of hydrogen-bond donors (Lipinski definition) is 2. The van der Waals surface area contributed by atoms with Crippen LogP contribution in [0.2, 0.25) is 0 Å². The smallest absolute Gasteiger partial charge is 0.242 e. The van der Waals surface area contributed by atoms with Gasteiger partial charge in [-0.25, -0.2) is 9.37 Å². The van der Waals surface area contributed by atoms with E-state index in [2.05, 4.69) is 15.3 Å². The number of ether oxygens (including phenoxy) is 1. The van der Waals surface area contributed by atoms with Crippen LogP contribution in [0.1, 0.15) is 19.4 Å². The fourth-order valence-electron chi connectivity index (χ4n) is 1.81. The Bertz CT molecular complexity index is 587. The molecule has 1 aromatic carbocycles. The number of nitrogens with one attached hydrogen (secondary N) is 1. The Labute approximate surface area is 123 Å². The summed E-state index contributed by atoms with van der Waals surface area (Å²) >= 11 is 0. The average molecular weight is 290 g/mol. The van der Waals surface area contributed by atoms with Gasteiger partial charge in [0, 0.05) is 6.54 Å². The minimum absolute atomic E-state index is 0.00531. The third-order valence-electron chi connectivity index (χ3n) is 2.81. The van der Waals surface area contributed by atoms with Crippen LogP contribution < -0.4 is 15.8 Å². The van der Waals surface area contributed by atoms with Crippen molar-refractivity contribution in [3.8, 4) is 5.88 Å². The van der Waals surface area contributed by atoms with Crippen molar-refractivity contribution in [2.75, 3.05) is 17.6 Å². The van der Waals surface area contributed by atoms with E-state index in [1.54, 1.807) is 12.1 Å². The summed E-state index contributed by atoms with van der Waals surface area (Å²) in [6, 6.07) is 6.41. The van der Waals surface area contributed by atoms with Crippen LogP contribution in [0.5, 0.6) is 5.88 Å². The van der Waals surface area contributed by atoms with Crippen LogP contribution in [0, 0.1) is 5.82 Å². The van der Waals surface area contributed by atoms with Crippen molar-refractivity contribution < 1.29 is 9.13 Å². The molecule has 1 heterocycles. The van der Waals surface area contributed by atoms with E-state index in [-0.39, 0.29) is 11.9 Å². The van der Waals surface area contributed by atoms with E-state index in [0.29, 0.717) is 23.9 Å². The van der Waals surface area contributed by atoms with Crippen molar-refractivity contribution in [2.24, 2.45) is 0 Å². The Hall–Kier alpha value is -2.37. The van der Waals surface area contributed by atoms with E-state index in [1.165, 1.54) is 18.5 Å². The van der Waals surface area contributed by atoms with Crippen LogP contribution in [0.3, 0.4) is 0 Å². The minimum atomic E-state index is -0.234. The fraction of sp³-hybridized carbons (Fsp3) is 0.333. The molecule has 1 aromatic heterocycles. The van der Waals surface area contributed by atoms with E-state index >= 15 is 0 Å². The number of nitrogen functional groups attached to an aromatic ring is 1. The highest BCUT2D eigenvalue weighted by molar-refractivity contribution is 5.66. The Balaban J connectivity index is 1.95. The van der Waals surface area contributed by atoms with Crippen LogP contribution in [0.15, 0.2) is 30.6 Å². The van der Waals surface area contributed by atoms with Gasteiger partial charge < -0.3 is 15.8 Å². The van der Waals surface area contributed by atoms with Crippen molar-refractivity contribution in [3.05, 3.63) is 42.0 Å². The number of halogens is 1. The first-order valence-corrected chi connectivity index (χ1v) is 6.81. The quantitative estimate of drug-likeness (QED) is 0.855. The highest BCUT2D eigenvalue weighted by atomic mass is 19.1. The van der Waals surface area contributed by atoms with Gasteiger partial charge in [0.05, 0.1) is 6.10 Å². The summed E-state index contributed by atoms with van der Waals surface area (Å²) < 4.78 is 18.3. The summed E-state index contributed by atoms with van der Waals surface area (Å²) in [5.74, 6) is 0.689. The number of nitrogens with zero attached hydrogens (tertiary/aromatic N) is 2. The molecule has 3 N–H and O–H groups in total. The molecule has 0 saturated heterocycles. The molecule has 2 aromatic rings. The van der Waals surface area contributed by atoms with Crippen molar-refractivity contribution >= 4 is 11.5 Å². The summed E-state index contributed by atoms with van der Waals surface area (Å²) in [4.78, 5) is 8.12. The molecule has 112 valence electrons. The number of aromatic nitrogens is 2. The molecule has 0 radical (unpaired) electrons. The van der Waals surface area contributed by atoms with Crippen LogP contribution in [0.4, 0.5) is 15.9 Å². The number of rotatable bonds is 6. The number of hydrogen-bond acceptors (Lipinski definition) is 5. The summed E-state index contributed by atoms with van der Waals surface area (Å²) in [5, 5.41) is 3.14. The summed E-state index contributed by atoms with van der Waals surface area (Å²) in [6.45, 7) is 4.44. The van der Waals surface area contributed by atoms with Crippen LogP contribution in [-0.2, 0) is 6.42 Å². The van der Waals surface area contributed by atoms with E-state index < -0.39 is 0 Å². The third kappa shape index (κ3) is 4.30. The minimum Gasteiger partial charge on any atom is -0.473 e. The predicted octanol–water partition coefficient (Wildman–Crippen LogP) is 2.64. The molecule has 0 unspecified atom stereocenters. The maximum absolute atomic E-state index is 12.8. The van der Waals surface area contributed by atoms with Gasteiger partial charge in [-0.1, -0.05) is 12.1 Å². The first-order chi connectivity index (χ1) is 10.1. The summed E-state index contributed by atoms with van der Waals surface area (Å²) in [5.41, 5.74) is 7.40. The molecule has 6 heteroatoms. The van der Waals surface area contributed by atoms with E-state index in [4.69, 9.17) is 10.5 Å². The van der Waals surface area contributed by atoms with E-state index in [1.807, 2.05) is 13.8 Å². The zero-order valence-corrected chi connectivity index (χ0v) is 12.1. The fourth-order valence-corrected chi connectivity index (χ4v) is 1.81. The molecule has 0 saturated carbocycles. The van der Waals surface area contributed by atoms with E-state index in [9.17, 15) is 4.39 Å². The number of anilines is 2. The van der Waals surface area contributed by atoms with Gasteiger partial charge >= 0.3 is 0 Å². The van der Waals surface area contributed by atoms with Gasteiger partial charge in [0.1, 0.15) is 17.8 Å². The third-order valence-corrected chi connectivity index (χ3v) is 2.81. The molecular weight excluding hydrogens is 271 g/mol. The number of nitrogens with two attached hydrogens (primary N) is 1. The van der Waals surface area contributed by atoms with Gasteiger partial charge in [-0.2, -0.15) is 4.98 Å². The molecule has 0 aliphatic carbocycles. The predicted molar refractivity (Wildman–Crippen MR) is 80.8 cm³/mol. The number of benzene rings is 1. The van der Waals surface area contributed by atoms with Gasteiger partial charge in [0.25, 0.3) is 0 Å². The van der Waals surface area contributed by atoms with Crippen LogP contribution in [-0.4, -0.2) is 22.6 Å². The maximum atomic E-state index is 12.8. The van der Waals surface area contributed by atoms with Gasteiger partial charge in [0.15, 0.2) is 5.82 Å². The lowest BCUT2D eigenvalue weighted by molar-refractivity contribution is 0.234. The molecule has 5 nitrogen and oxygen atoms in total. The summed E-state index contributed by atoms with van der Waals surface area (Å²) in [7, 11) is 0. The first kappa shape index (κ1) is 15.0. The average Bonchev–Trinajstić information content (AvgIpc) is 2.44. The first-order valence-electron chi connectivity index (χ1n) is 6.81. The summed E-state index contributed by atoms with van der Waals surface area (Å²) in [6.07, 6.45) is 2.15. The molecule has 0 aliphatic heterocycles. The molecule has 2 rings (SSSR count). The zero-order chi connectivity index (χ0) is 15.2. The lowest BCUT2D eigenvalue weighted by Gasteiger charge is -2.13. The van der Waals surface area contributed by atoms with Crippen molar-refractivity contribution in [2.45, 2.75) is 26.4 Å². The SMILES string of the molecule is CC(C)Oc1ncnc(NCCc2ccc(F)cc2)c1N. The topological polar surface area (TPSA) is 73.1 Å². The largest absolute Gasteiger partial charge is 0.473 e. The van der Waals surface area contributed by atoms with Crippen molar-refractivity contribution in [1.29, 1.82) is 0 Å². The molecule has 0 bridgehead atoms. The second-order valence-corrected chi connectivity index (χ2v) is 4.91. The van der Waals surface area contributed by atoms with Gasteiger partial charge in [-0.05, 0) is 38.0 Å². The Morgan fingerprint density at radius 3 is 2.62 bits per heavy atom. The van der Waals surface area contributed by atoms with Crippen LogP contribution in [0.25, 0.3) is 0 Å². The second-order valence-electron chi connectivity index (χ2n) is 4.91. The lowest BCUT2D eigenvalue weighted by atomic mass is 10.1. The molecule has 0 amide bonds. The maximum Gasteiger partial charge on any atom is 0.242 e. The zero-order valence-electron chi connectivity index (χ0n) is 12.1. The highest BCUT2D eigenvalue weighted by Crippen LogP contribution is 2.25. The second kappa shape index (κ2) is 6.88. The van der Waals surface area contributed by atoms with Gasteiger partial charge in [-0.15, -0.1) is 0 Å². The normalized spacial score (nSPS) is 10.7. The van der Waals surface area contributed by atoms with Gasteiger partial charge in [0.2, 0.25) is 5.88 Å². The molecule has 0 aliphatic rings.